The molecule has 0 radical (unpaired) electrons. The molecule has 11 heteroatoms. The topological polar surface area (TPSA) is 177 Å². The van der Waals surface area contributed by atoms with Crippen molar-refractivity contribution in [2.24, 2.45) is 22.2 Å². The van der Waals surface area contributed by atoms with Crippen LogP contribution in [0.5, 0.6) is 11.5 Å². The molecule has 0 saturated heterocycles. The fourth-order valence-corrected chi connectivity index (χ4v) is 4.76. The van der Waals surface area contributed by atoms with E-state index < -0.39 is 11.9 Å². The number of primary amides is 1. The lowest BCUT2D eigenvalue weighted by molar-refractivity contribution is -0.121. The van der Waals surface area contributed by atoms with E-state index in [1.54, 1.807) is 30.6 Å². The Kier molecular flexibility index (Phi) is 8.91. The number of rotatable bonds is 12. The lowest BCUT2D eigenvalue weighted by Gasteiger charge is -2.19. The minimum Gasteiger partial charge on any atom is -0.457 e. The summed E-state index contributed by atoms with van der Waals surface area (Å²) in [5, 5.41) is 2.91. The van der Waals surface area contributed by atoms with E-state index in [-0.39, 0.29) is 11.9 Å². The summed E-state index contributed by atoms with van der Waals surface area (Å²) in [6, 6.07) is 25.0. The van der Waals surface area contributed by atoms with Crippen molar-refractivity contribution in [3.63, 3.8) is 0 Å². The Morgan fingerprint density at radius 2 is 1.74 bits per heavy atom. The highest BCUT2D eigenvalue weighted by molar-refractivity contribution is 5.98. The summed E-state index contributed by atoms with van der Waals surface area (Å²) in [7, 11) is 0. The van der Waals surface area contributed by atoms with Crippen molar-refractivity contribution in [1.82, 2.24) is 19.9 Å². The summed E-state index contributed by atoms with van der Waals surface area (Å²) in [4.78, 5) is 38.9. The quantitative estimate of drug-likeness (QED) is 0.0988. The Morgan fingerprint density at radius 3 is 2.49 bits per heavy atom. The zero-order chi connectivity index (χ0) is 30.2. The van der Waals surface area contributed by atoms with E-state index in [1.807, 2.05) is 71.3 Å². The minimum absolute atomic E-state index is 0.0195. The molecule has 0 saturated carbocycles. The number of guanidine groups is 1. The van der Waals surface area contributed by atoms with Crippen LogP contribution >= 0.6 is 0 Å². The summed E-state index contributed by atoms with van der Waals surface area (Å²) in [6.07, 6.45) is 4.26. The molecule has 2 heterocycles. The number of fused-ring (bicyclic) bond motifs is 1. The number of nitrogens with zero attached hydrogens (tertiary/aromatic N) is 4. The third-order valence-electron chi connectivity index (χ3n) is 6.77. The molecular weight excluding hydrogens is 544 g/mol. The fraction of sp³-hybridized carbons (Fsp3) is 0.156. The molecule has 1 unspecified atom stereocenters. The van der Waals surface area contributed by atoms with E-state index in [1.165, 1.54) is 0 Å². The molecule has 0 aliphatic carbocycles. The largest absolute Gasteiger partial charge is 0.457 e. The van der Waals surface area contributed by atoms with Gasteiger partial charge in [-0.2, -0.15) is 0 Å². The molecule has 2 aromatic heterocycles. The summed E-state index contributed by atoms with van der Waals surface area (Å²) < 4.78 is 7.87. The maximum atomic E-state index is 13.0. The fourth-order valence-electron chi connectivity index (χ4n) is 4.76. The molecule has 0 bridgehead atoms. The molecule has 5 aromatic rings. The van der Waals surface area contributed by atoms with Crippen LogP contribution in [0.1, 0.15) is 34.8 Å². The molecule has 0 aliphatic rings. The molecule has 2 amide bonds. The first-order chi connectivity index (χ1) is 20.9. The number of benzene rings is 3. The van der Waals surface area contributed by atoms with Crippen LogP contribution in [-0.4, -0.2) is 38.9 Å². The first-order valence-electron chi connectivity index (χ1n) is 13.8. The van der Waals surface area contributed by atoms with Gasteiger partial charge in [-0.1, -0.05) is 36.4 Å². The van der Waals surface area contributed by atoms with E-state index in [0.29, 0.717) is 65.4 Å². The average Bonchev–Trinajstić information content (AvgIpc) is 3.39. The predicted octanol–water partition coefficient (Wildman–Crippen LogP) is 3.90. The van der Waals surface area contributed by atoms with Crippen LogP contribution in [0, 0.1) is 0 Å². The van der Waals surface area contributed by atoms with Crippen molar-refractivity contribution in [2.45, 2.75) is 25.4 Å². The van der Waals surface area contributed by atoms with Gasteiger partial charge in [0.05, 0.1) is 11.0 Å². The molecule has 0 aliphatic heterocycles. The van der Waals surface area contributed by atoms with E-state index in [2.05, 4.69) is 15.3 Å². The first kappa shape index (κ1) is 28.8. The highest BCUT2D eigenvalue weighted by Crippen LogP contribution is 2.33. The number of nitrogens with one attached hydrogen (secondary N) is 1. The summed E-state index contributed by atoms with van der Waals surface area (Å²) in [6.45, 7) is 0.674. The van der Waals surface area contributed by atoms with Gasteiger partial charge in [0.2, 0.25) is 5.91 Å². The van der Waals surface area contributed by atoms with E-state index >= 15 is 0 Å². The van der Waals surface area contributed by atoms with Gasteiger partial charge in [0.15, 0.2) is 5.96 Å². The van der Waals surface area contributed by atoms with Gasteiger partial charge in [-0.25, -0.2) is 4.98 Å². The Hall–Kier alpha value is -5.71. The van der Waals surface area contributed by atoms with Gasteiger partial charge >= 0.3 is 0 Å². The van der Waals surface area contributed by atoms with E-state index in [9.17, 15) is 9.59 Å². The highest BCUT2D eigenvalue weighted by Gasteiger charge is 2.25. The van der Waals surface area contributed by atoms with Crippen LogP contribution in [-0.2, 0) is 11.3 Å². The zero-order valence-electron chi connectivity index (χ0n) is 23.4. The number of para-hydroxylation sites is 1. The molecule has 5 rings (SSSR count). The second kappa shape index (κ2) is 13.3. The van der Waals surface area contributed by atoms with Gasteiger partial charge in [0.25, 0.3) is 5.91 Å². The number of imidazole rings is 1. The number of ether oxygens (including phenoxy) is 1. The number of aliphatic imine (C=N–C) groups is 1. The standard InChI is InChI=1S/C32H32N8O3/c33-29(41)28(12-6-16-37-32(34)35)40-27-14-13-23(31(42)38-20-21-7-5-15-36-19-21)18-26(27)39-30(40)22-8-4-11-25(17-22)43-24-9-2-1-3-10-24/h1-5,7-11,13-15,17-19,28H,6,12,16,20H2,(H2,33,41)(H,38,42)(H4,34,35,37). The third-order valence-corrected chi connectivity index (χ3v) is 6.77. The predicted molar refractivity (Wildman–Crippen MR) is 165 cm³/mol. The number of amides is 2. The Balaban J connectivity index is 1.52. The smallest absolute Gasteiger partial charge is 0.251 e. The van der Waals surface area contributed by atoms with Crippen molar-refractivity contribution >= 4 is 28.8 Å². The van der Waals surface area contributed by atoms with Crippen LogP contribution in [0.4, 0.5) is 0 Å². The molecule has 11 nitrogen and oxygen atoms in total. The Bertz CT molecular complexity index is 1750. The van der Waals surface area contributed by atoms with Crippen LogP contribution in [0.3, 0.4) is 0 Å². The van der Waals surface area contributed by atoms with Crippen molar-refractivity contribution in [1.29, 1.82) is 0 Å². The van der Waals surface area contributed by atoms with Crippen molar-refractivity contribution in [2.75, 3.05) is 6.54 Å². The monoisotopic (exact) mass is 576 g/mol. The molecule has 218 valence electrons. The number of hydrogen-bond donors (Lipinski definition) is 4. The average molecular weight is 577 g/mol. The maximum absolute atomic E-state index is 13.0. The SMILES string of the molecule is NC(=O)C(CCCN=C(N)N)n1c(-c2cccc(Oc3ccccc3)c2)nc2cc(C(=O)NCc3cccnc3)ccc21. The highest BCUT2D eigenvalue weighted by atomic mass is 16.5. The lowest BCUT2D eigenvalue weighted by atomic mass is 10.1. The maximum Gasteiger partial charge on any atom is 0.251 e. The molecule has 0 fully saturated rings. The van der Waals surface area contributed by atoms with Gasteiger partial charge < -0.3 is 31.8 Å². The zero-order valence-corrected chi connectivity index (χ0v) is 23.4. The summed E-state index contributed by atoms with van der Waals surface area (Å²) >= 11 is 0. The number of aromatic nitrogens is 3. The van der Waals surface area contributed by atoms with Crippen molar-refractivity contribution in [3.05, 3.63) is 108 Å². The van der Waals surface area contributed by atoms with Crippen molar-refractivity contribution < 1.29 is 14.3 Å². The first-order valence-corrected chi connectivity index (χ1v) is 13.8. The third kappa shape index (κ3) is 7.14. The normalized spacial score (nSPS) is 11.5. The molecule has 7 N–H and O–H groups in total. The number of hydrogen-bond acceptors (Lipinski definition) is 6. The molecule has 0 spiro atoms. The minimum atomic E-state index is -0.752. The van der Waals surface area contributed by atoms with E-state index in [0.717, 1.165) is 5.56 Å². The van der Waals surface area contributed by atoms with Crippen LogP contribution in [0.15, 0.2) is 102 Å². The van der Waals surface area contributed by atoms with Crippen molar-refractivity contribution in [3.8, 4) is 22.9 Å². The second-order valence-electron chi connectivity index (χ2n) is 9.86. The number of carbonyl (C=O) groups is 2. The van der Waals surface area contributed by atoms with Crippen LogP contribution in [0.25, 0.3) is 22.4 Å². The second-order valence-corrected chi connectivity index (χ2v) is 9.86. The summed E-state index contributed by atoms with van der Waals surface area (Å²) in [5.41, 5.74) is 20.1. The van der Waals surface area contributed by atoms with Gasteiger partial charge in [-0.15, -0.1) is 0 Å². The molecule has 43 heavy (non-hydrogen) atoms. The molecular formula is C32H32N8O3. The number of pyridine rings is 1. The van der Waals surface area contributed by atoms with Crippen LogP contribution < -0.4 is 27.3 Å². The van der Waals surface area contributed by atoms with Crippen LogP contribution in [0.2, 0.25) is 0 Å². The number of nitrogens with two attached hydrogens (primary N) is 3. The van der Waals surface area contributed by atoms with Gasteiger partial charge in [0.1, 0.15) is 23.4 Å². The molecule has 3 aromatic carbocycles. The van der Waals surface area contributed by atoms with Gasteiger partial charge in [-0.05, 0) is 66.9 Å². The lowest BCUT2D eigenvalue weighted by Crippen LogP contribution is -2.27. The number of carbonyl (C=O) groups excluding carboxylic acids is 2. The Morgan fingerprint density at radius 1 is 0.930 bits per heavy atom. The molecule has 1 atom stereocenters. The van der Waals surface area contributed by atoms with Gasteiger partial charge in [0, 0.05) is 36.6 Å². The summed E-state index contributed by atoms with van der Waals surface area (Å²) in [5.74, 6) is 0.982. The Labute approximate surface area is 248 Å². The van der Waals surface area contributed by atoms with Gasteiger partial charge in [-0.3, -0.25) is 19.6 Å². The van der Waals surface area contributed by atoms with E-state index in [4.69, 9.17) is 26.9 Å².